The standard InChI is InChI=1S/C6H7NOS/c1-2-5(8)6-7-3-4-9-6/h2-5,8H,1H2. The van der Waals surface area contributed by atoms with Crippen molar-refractivity contribution < 1.29 is 5.11 Å². The molecule has 1 rings (SSSR count). The molecule has 0 aliphatic rings. The SMILES string of the molecule is C=CC(O)c1nccs1. The monoisotopic (exact) mass is 141 g/mol. The van der Waals surface area contributed by atoms with Crippen molar-refractivity contribution in [3.8, 4) is 0 Å². The fraction of sp³-hybridized carbons (Fsp3) is 0.167. The van der Waals surface area contributed by atoms with Crippen LogP contribution < -0.4 is 0 Å². The van der Waals surface area contributed by atoms with Crippen LogP contribution in [-0.2, 0) is 0 Å². The van der Waals surface area contributed by atoms with Crippen molar-refractivity contribution in [2.24, 2.45) is 0 Å². The highest BCUT2D eigenvalue weighted by Gasteiger charge is 2.02. The summed E-state index contributed by atoms with van der Waals surface area (Å²) in [5.74, 6) is 0. The first kappa shape index (κ1) is 6.45. The van der Waals surface area contributed by atoms with E-state index in [1.165, 1.54) is 17.4 Å². The molecule has 1 N–H and O–H groups in total. The largest absolute Gasteiger partial charge is 0.382 e. The Balaban J connectivity index is 2.76. The van der Waals surface area contributed by atoms with Gasteiger partial charge in [-0.2, -0.15) is 0 Å². The van der Waals surface area contributed by atoms with Crippen LogP contribution in [0.25, 0.3) is 0 Å². The number of aromatic nitrogens is 1. The zero-order chi connectivity index (χ0) is 6.69. The normalized spacial score (nSPS) is 13.0. The van der Waals surface area contributed by atoms with Crippen molar-refractivity contribution in [2.75, 3.05) is 0 Å². The van der Waals surface area contributed by atoms with Crippen molar-refractivity contribution in [1.82, 2.24) is 4.98 Å². The van der Waals surface area contributed by atoms with E-state index in [0.717, 1.165) is 0 Å². The summed E-state index contributed by atoms with van der Waals surface area (Å²) in [5.41, 5.74) is 0. The zero-order valence-corrected chi connectivity index (χ0v) is 5.64. The van der Waals surface area contributed by atoms with Crippen LogP contribution in [0.15, 0.2) is 24.2 Å². The van der Waals surface area contributed by atoms with E-state index in [2.05, 4.69) is 11.6 Å². The van der Waals surface area contributed by atoms with Gasteiger partial charge in [0.15, 0.2) is 0 Å². The minimum atomic E-state index is -0.593. The minimum Gasteiger partial charge on any atom is -0.382 e. The van der Waals surface area contributed by atoms with E-state index in [1.54, 1.807) is 6.20 Å². The molecule has 0 aromatic carbocycles. The average Bonchev–Trinajstić information content (AvgIpc) is 2.37. The number of hydrogen-bond donors (Lipinski definition) is 1. The van der Waals surface area contributed by atoms with Crippen LogP contribution in [0.2, 0.25) is 0 Å². The Bertz CT molecular complexity index is 183. The molecule has 0 aliphatic heterocycles. The topological polar surface area (TPSA) is 33.1 Å². The number of rotatable bonds is 2. The Morgan fingerprint density at radius 3 is 3.11 bits per heavy atom. The van der Waals surface area contributed by atoms with Crippen LogP contribution in [0, 0.1) is 0 Å². The predicted molar refractivity (Wildman–Crippen MR) is 37.3 cm³/mol. The summed E-state index contributed by atoms with van der Waals surface area (Å²) in [4.78, 5) is 3.88. The minimum absolute atomic E-state index is 0.593. The Kier molecular flexibility index (Phi) is 1.97. The van der Waals surface area contributed by atoms with Gasteiger partial charge in [0.2, 0.25) is 0 Å². The van der Waals surface area contributed by atoms with Gasteiger partial charge in [-0.15, -0.1) is 17.9 Å². The summed E-state index contributed by atoms with van der Waals surface area (Å²) >= 11 is 1.42. The van der Waals surface area contributed by atoms with E-state index in [0.29, 0.717) is 5.01 Å². The van der Waals surface area contributed by atoms with Crippen molar-refractivity contribution in [1.29, 1.82) is 0 Å². The van der Waals surface area contributed by atoms with E-state index in [-0.39, 0.29) is 0 Å². The van der Waals surface area contributed by atoms with Crippen LogP contribution in [0.1, 0.15) is 11.1 Å². The molecule has 9 heavy (non-hydrogen) atoms. The van der Waals surface area contributed by atoms with Crippen LogP contribution in [-0.4, -0.2) is 10.1 Å². The number of nitrogens with zero attached hydrogens (tertiary/aromatic N) is 1. The quantitative estimate of drug-likeness (QED) is 0.631. The average molecular weight is 141 g/mol. The molecule has 0 radical (unpaired) electrons. The van der Waals surface area contributed by atoms with Crippen molar-refractivity contribution in [3.63, 3.8) is 0 Å². The van der Waals surface area contributed by atoms with Gasteiger partial charge in [0.25, 0.3) is 0 Å². The molecule has 0 spiro atoms. The summed E-state index contributed by atoms with van der Waals surface area (Å²) in [6.07, 6.45) is 2.52. The molecule has 0 saturated heterocycles. The Hall–Kier alpha value is -0.670. The maximum absolute atomic E-state index is 9.05. The number of hydrogen-bond acceptors (Lipinski definition) is 3. The summed E-state index contributed by atoms with van der Waals surface area (Å²) in [6.45, 7) is 3.43. The highest BCUT2D eigenvalue weighted by Crippen LogP contribution is 2.14. The second kappa shape index (κ2) is 2.75. The first-order chi connectivity index (χ1) is 4.34. The number of aliphatic hydroxyl groups excluding tert-OH is 1. The Morgan fingerprint density at radius 2 is 2.67 bits per heavy atom. The molecule has 1 heterocycles. The van der Waals surface area contributed by atoms with Gasteiger partial charge in [-0.25, -0.2) is 4.98 Å². The fourth-order valence-corrected chi connectivity index (χ4v) is 1.10. The van der Waals surface area contributed by atoms with E-state index in [4.69, 9.17) is 5.11 Å². The highest BCUT2D eigenvalue weighted by molar-refractivity contribution is 7.09. The summed E-state index contributed by atoms with van der Waals surface area (Å²) in [7, 11) is 0. The molecular weight excluding hydrogens is 134 g/mol. The molecule has 1 aromatic rings. The van der Waals surface area contributed by atoms with Crippen LogP contribution in [0.3, 0.4) is 0 Å². The Morgan fingerprint density at radius 1 is 1.89 bits per heavy atom. The Labute approximate surface area is 57.5 Å². The molecule has 0 fully saturated rings. The lowest BCUT2D eigenvalue weighted by Gasteiger charge is -1.95. The zero-order valence-electron chi connectivity index (χ0n) is 4.82. The maximum Gasteiger partial charge on any atom is 0.125 e. The second-order valence-corrected chi connectivity index (χ2v) is 2.48. The summed E-state index contributed by atoms with van der Waals surface area (Å²) < 4.78 is 0. The molecule has 2 nitrogen and oxygen atoms in total. The lowest BCUT2D eigenvalue weighted by molar-refractivity contribution is 0.228. The van der Waals surface area contributed by atoms with Gasteiger partial charge in [0.05, 0.1) is 0 Å². The van der Waals surface area contributed by atoms with E-state index >= 15 is 0 Å². The molecule has 1 atom stereocenters. The van der Waals surface area contributed by atoms with Crippen LogP contribution in [0.5, 0.6) is 0 Å². The predicted octanol–water partition coefficient (Wildman–Crippen LogP) is 1.36. The summed E-state index contributed by atoms with van der Waals surface area (Å²) in [6, 6.07) is 0. The first-order valence-corrected chi connectivity index (χ1v) is 3.42. The first-order valence-electron chi connectivity index (χ1n) is 2.54. The van der Waals surface area contributed by atoms with Crippen LogP contribution >= 0.6 is 11.3 Å². The van der Waals surface area contributed by atoms with Gasteiger partial charge in [-0.3, -0.25) is 0 Å². The summed E-state index contributed by atoms with van der Waals surface area (Å²) in [5, 5.41) is 11.6. The molecule has 1 aromatic heterocycles. The second-order valence-electron chi connectivity index (χ2n) is 1.55. The van der Waals surface area contributed by atoms with Gasteiger partial charge >= 0.3 is 0 Å². The van der Waals surface area contributed by atoms with Crippen molar-refractivity contribution >= 4 is 11.3 Å². The van der Waals surface area contributed by atoms with Crippen LogP contribution in [0.4, 0.5) is 0 Å². The number of thiazole rings is 1. The fourth-order valence-electron chi connectivity index (χ4n) is 0.481. The molecule has 3 heteroatoms. The molecular formula is C6H7NOS. The molecule has 0 bridgehead atoms. The van der Waals surface area contributed by atoms with Gasteiger partial charge in [0.1, 0.15) is 11.1 Å². The lowest BCUT2D eigenvalue weighted by atomic mass is 10.4. The molecule has 0 saturated carbocycles. The maximum atomic E-state index is 9.05. The van der Waals surface area contributed by atoms with E-state index in [1.807, 2.05) is 5.38 Å². The smallest absolute Gasteiger partial charge is 0.125 e. The lowest BCUT2D eigenvalue weighted by Crippen LogP contribution is -1.89. The third-order valence-electron chi connectivity index (χ3n) is 0.928. The van der Waals surface area contributed by atoms with Gasteiger partial charge in [-0.1, -0.05) is 6.08 Å². The van der Waals surface area contributed by atoms with Gasteiger partial charge in [-0.05, 0) is 0 Å². The third kappa shape index (κ3) is 1.37. The van der Waals surface area contributed by atoms with E-state index in [9.17, 15) is 0 Å². The molecule has 0 aliphatic carbocycles. The third-order valence-corrected chi connectivity index (χ3v) is 1.77. The molecule has 48 valence electrons. The van der Waals surface area contributed by atoms with Crippen molar-refractivity contribution in [3.05, 3.63) is 29.2 Å². The molecule has 0 amide bonds. The van der Waals surface area contributed by atoms with E-state index < -0.39 is 6.10 Å². The van der Waals surface area contributed by atoms with Gasteiger partial charge < -0.3 is 5.11 Å². The highest BCUT2D eigenvalue weighted by atomic mass is 32.1. The van der Waals surface area contributed by atoms with Gasteiger partial charge in [0, 0.05) is 11.6 Å². The van der Waals surface area contributed by atoms with Crippen molar-refractivity contribution in [2.45, 2.75) is 6.10 Å². The molecule has 1 unspecified atom stereocenters. The number of aliphatic hydroxyl groups is 1.